The molecule has 0 aliphatic carbocycles. The first-order chi connectivity index (χ1) is 16.1. The number of amides is 2. The third kappa shape index (κ3) is 6.16. The summed E-state index contributed by atoms with van der Waals surface area (Å²) < 4.78 is 0. The van der Waals surface area contributed by atoms with Gasteiger partial charge in [-0.1, -0.05) is 60.7 Å². The molecule has 0 bridgehead atoms. The number of nitrogens with zero attached hydrogens (tertiary/aromatic N) is 1. The number of nitrogens with one attached hydrogen (secondary N) is 2. The minimum absolute atomic E-state index is 0.0925. The van der Waals surface area contributed by atoms with Crippen LogP contribution in [0.3, 0.4) is 0 Å². The van der Waals surface area contributed by atoms with Crippen molar-refractivity contribution in [2.75, 3.05) is 24.2 Å². The number of anilines is 2. The maximum absolute atomic E-state index is 12.6. The Labute approximate surface area is 197 Å². The monoisotopic (exact) mass is 455 g/mol. The minimum atomic E-state index is -0.140. The summed E-state index contributed by atoms with van der Waals surface area (Å²) in [5.41, 5.74) is 4.88. The summed E-state index contributed by atoms with van der Waals surface area (Å²) in [4.78, 5) is 27.4. The van der Waals surface area contributed by atoms with Gasteiger partial charge >= 0.3 is 0 Å². The number of carbonyl (C=O) groups is 2. The molecule has 4 aromatic rings. The highest BCUT2D eigenvalue weighted by molar-refractivity contribution is 7.12. The number of thiophene rings is 1. The molecule has 6 heteroatoms. The van der Waals surface area contributed by atoms with E-state index in [4.69, 9.17) is 0 Å². The molecular formula is C27H25N3O2S. The van der Waals surface area contributed by atoms with E-state index in [1.54, 1.807) is 30.3 Å². The normalized spacial score (nSPS) is 10.7. The summed E-state index contributed by atoms with van der Waals surface area (Å²) in [6, 6.07) is 29.3. The Hall–Kier alpha value is -3.74. The molecule has 4 rings (SSSR count). The Balaban J connectivity index is 1.32. The van der Waals surface area contributed by atoms with Gasteiger partial charge in [-0.05, 0) is 59.4 Å². The number of carbonyl (C=O) groups excluding carboxylic acids is 2. The number of hydrogen-bond acceptors (Lipinski definition) is 4. The maximum Gasteiger partial charge on any atom is 0.265 e. The third-order valence-electron chi connectivity index (χ3n) is 5.13. The first kappa shape index (κ1) is 22.5. The van der Waals surface area contributed by atoms with Gasteiger partial charge in [0.15, 0.2) is 0 Å². The molecule has 3 aromatic carbocycles. The van der Waals surface area contributed by atoms with Crippen molar-refractivity contribution in [2.45, 2.75) is 6.54 Å². The van der Waals surface area contributed by atoms with Crippen LogP contribution in [0.2, 0.25) is 0 Å². The lowest BCUT2D eigenvalue weighted by molar-refractivity contribution is -0.117. The molecule has 0 atom stereocenters. The van der Waals surface area contributed by atoms with E-state index < -0.39 is 0 Å². The van der Waals surface area contributed by atoms with Crippen LogP contribution in [0.1, 0.15) is 15.2 Å². The van der Waals surface area contributed by atoms with Crippen LogP contribution in [0, 0.1) is 0 Å². The molecule has 1 heterocycles. The zero-order valence-electron chi connectivity index (χ0n) is 18.3. The Morgan fingerprint density at radius 1 is 0.788 bits per heavy atom. The quantitative estimate of drug-likeness (QED) is 0.356. The number of benzene rings is 3. The molecule has 0 fully saturated rings. The Kier molecular flexibility index (Phi) is 7.29. The lowest BCUT2D eigenvalue weighted by Crippen LogP contribution is -2.30. The van der Waals surface area contributed by atoms with Crippen molar-refractivity contribution < 1.29 is 9.59 Å². The highest BCUT2D eigenvalue weighted by Gasteiger charge is 2.11. The van der Waals surface area contributed by atoms with Gasteiger partial charge in [-0.3, -0.25) is 14.5 Å². The standard InChI is InChI=1S/C27H25N3O2S/c1-30(18-21-10-5-6-11-24(21)20-8-3-2-4-9-20)19-26(31)28-22-13-15-23(16-14-22)29-27(32)25-12-7-17-33-25/h2-17H,18-19H2,1H3,(H,28,31)(H,29,32). The second kappa shape index (κ2) is 10.7. The van der Waals surface area contributed by atoms with Crippen molar-refractivity contribution >= 4 is 34.5 Å². The lowest BCUT2D eigenvalue weighted by Gasteiger charge is -2.19. The van der Waals surface area contributed by atoms with Crippen molar-refractivity contribution in [3.8, 4) is 11.1 Å². The molecule has 33 heavy (non-hydrogen) atoms. The van der Waals surface area contributed by atoms with Gasteiger partial charge in [0.05, 0.1) is 11.4 Å². The van der Waals surface area contributed by atoms with Gasteiger partial charge in [-0.2, -0.15) is 0 Å². The van der Waals surface area contributed by atoms with Gasteiger partial charge < -0.3 is 10.6 Å². The Morgan fingerprint density at radius 3 is 2.15 bits per heavy atom. The average molecular weight is 456 g/mol. The van der Waals surface area contributed by atoms with Crippen LogP contribution in [0.4, 0.5) is 11.4 Å². The largest absolute Gasteiger partial charge is 0.325 e. The molecule has 2 N–H and O–H groups in total. The SMILES string of the molecule is CN(CC(=O)Nc1ccc(NC(=O)c2cccs2)cc1)Cc1ccccc1-c1ccccc1. The van der Waals surface area contributed by atoms with Crippen molar-refractivity contribution in [2.24, 2.45) is 0 Å². The van der Waals surface area contributed by atoms with Crippen LogP contribution in [0.5, 0.6) is 0 Å². The lowest BCUT2D eigenvalue weighted by atomic mass is 9.99. The van der Waals surface area contributed by atoms with E-state index in [0.29, 0.717) is 22.8 Å². The fourth-order valence-electron chi connectivity index (χ4n) is 3.59. The van der Waals surface area contributed by atoms with Crippen LogP contribution in [-0.4, -0.2) is 30.3 Å². The van der Waals surface area contributed by atoms with Crippen LogP contribution in [-0.2, 0) is 11.3 Å². The fourth-order valence-corrected chi connectivity index (χ4v) is 4.21. The molecule has 0 unspecified atom stereocenters. The summed E-state index contributed by atoms with van der Waals surface area (Å²) in [5, 5.41) is 7.64. The van der Waals surface area contributed by atoms with Crippen LogP contribution in [0.25, 0.3) is 11.1 Å². The van der Waals surface area contributed by atoms with Crippen molar-refractivity contribution in [1.82, 2.24) is 4.90 Å². The number of rotatable bonds is 8. The third-order valence-corrected chi connectivity index (χ3v) is 6.00. The van der Waals surface area contributed by atoms with Gasteiger partial charge in [0, 0.05) is 17.9 Å². The molecule has 0 radical (unpaired) electrons. The van der Waals surface area contributed by atoms with E-state index in [1.807, 2.05) is 53.7 Å². The molecule has 0 aliphatic rings. The van der Waals surface area contributed by atoms with Crippen LogP contribution >= 0.6 is 11.3 Å². The zero-order valence-corrected chi connectivity index (χ0v) is 19.1. The second-order valence-electron chi connectivity index (χ2n) is 7.75. The molecule has 0 saturated heterocycles. The smallest absolute Gasteiger partial charge is 0.265 e. The van der Waals surface area contributed by atoms with Crippen LogP contribution in [0.15, 0.2) is 96.4 Å². The zero-order chi connectivity index (χ0) is 23.0. The van der Waals surface area contributed by atoms with Gasteiger partial charge in [0.2, 0.25) is 5.91 Å². The summed E-state index contributed by atoms with van der Waals surface area (Å²) in [5.74, 6) is -0.232. The highest BCUT2D eigenvalue weighted by atomic mass is 32.1. The molecule has 5 nitrogen and oxygen atoms in total. The van der Waals surface area contributed by atoms with Gasteiger partial charge in [-0.25, -0.2) is 0 Å². The van der Waals surface area contributed by atoms with E-state index in [2.05, 4.69) is 34.9 Å². The van der Waals surface area contributed by atoms with Crippen molar-refractivity contribution in [1.29, 1.82) is 0 Å². The topological polar surface area (TPSA) is 61.4 Å². The van der Waals surface area contributed by atoms with E-state index in [9.17, 15) is 9.59 Å². The summed E-state index contributed by atoms with van der Waals surface area (Å²) >= 11 is 1.39. The fraction of sp³-hybridized carbons (Fsp3) is 0.111. The first-order valence-corrected chi connectivity index (χ1v) is 11.5. The first-order valence-electron chi connectivity index (χ1n) is 10.6. The predicted molar refractivity (Wildman–Crippen MR) is 136 cm³/mol. The van der Waals surface area contributed by atoms with E-state index in [-0.39, 0.29) is 18.4 Å². The Morgan fingerprint density at radius 2 is 1.45 bits per heavy atom. The van der Waals surface area contributed by atoms with E-state index in [1.165, 1.54) is 22.5 Å². The summed E-state index contributed by atoms with van der Waals surface area (Å²) in [7, 11) is 1.94. The molecule has 166 valence electrons. The van der Waals surface area contributed by atoms with E-state index >= 15 is 0 Å². The highest BCUT2D eigenvalue weighted by Crippen LogP contribution is 2.24. The minimum Gasteiger partial charge on any atom is -0.325 e. The average Bonchev–Trinajstić information content (AvgIpc) is 3.36. The number of likely N-dealkylation sites (N-methyl/N-ethyl adjacent to an activating group) is 1. The maximum atomic E-state index is 12.6. The van der Waals surface area contributed by atoms with Crippen molar-refractivity contribution in [3.05, 3.63) is 107 Å². The molecule has 1 aromatic heterocycles. The molecule has 0 spiro atoms. The summed E-state index contributed by atoms with van der Waals surface area (Å²) in [6.07, 6.45) is 0. The Bertz CT molecular complexity index is 1210. The summed E-state index contributed by atoms with van der Waals surface area (Å²) in [6.45, 7) is 0.923. The van der Waals surface area contributed by atoms with E-state index in [0.717, 1.165) is 5.56 Å². The second-order valence-corrected chi connectivity index (χ2v) is 8.70. The van der Waals surface area contributed by atoms with Gasteiger partial charge in [-0.15, -0.1) is 11.3 Å². The molecule has 2 amide bonds. The molecule has 0 saturated carbocycles. The van der Waals surface area contributed by atoms with Crippen LogP contribution < -0.4 is 10.6 Å². The van der Waals surface area contributed by atoms with Gasteiger partial charge in [0.1, 0.15) is 0 Å². The molecular weight excluding hydrogens is 430 g/mol. The van der Waals surface area contributed by atoms with Crippen molar-refractivity contribution in [3.63, 3.8) is 0 Å². The molecule has 0 aliphatic heterocycles. The predicted octanol–water partition coefficient (Wildman–Crippen LogP) is 5.74. The van der Waals surface area contributed by atoms with Gasteiger partial charge in [0.25, 0.3) is 5.91 Å². The number of hydrogen-bond donors (Lipinski definition) is 2.